The number of benzene rings is 1. The Balaban J connectivity index is 2.62. The third-order valence-corrected chi connectivity index (χ3v) is 2.26. The molecule has 84 valence electrons. The van der Waals surface area contributed by atoms with Crippen molar-refractivity contribution < 1.29 is 13.2 Å². The zero-order valence-electron chi connectivity index (χ0n) is 8.73. The maximum Gasteiger partial charge on any atom is 0.401 e. The largest absolute Gasteiger partial charge is 0.401 e. The quantitative estimate of drug-likeness (QED) is 0.819. The number of hydrogen-bond donors (Lipinski definition) is 1. The first-order chi connectivity index (χ1) is 6.90. The highest BCUT2D eigenvalue weighted by Gasteiger charge is 2.27. The molecule has 0 aliphatic heterocycles. The third kappa shape index (κ3) is 3.91. The van der Waals surface area contributed by atoms with Gasteiger partial charge in [0.2, 0.25) is 0 Å². The van der Waals surface area contributed by atoms with Gasteiger partial charge in [-0.3, -0.25) is 0 Å². The second-order valence-electron chi connectivity index (χ2n) is 3.57. The Morgan fingerprint density at radius 3 is 2.40 bits per heavy atom. The van der Waals surface area contributed by atoms with Gasteiger partial charge in [0.15, 0.2) is 0 Å². The summed E-state index contributed by atoms with van der Waals surface area (Å²) in [5, 5.41) is 2.45. The Bertz CT molecular complexity index is 320. The van der Waals surface area contributed by atoms with Crippen LogP contribution < -0.4 is 5.32 Å². The van der Waals surface area contributed by atoms with Gasteiger partial charge >= 0.3 is 6.18 Å². The van der Waals surface area contributed by atoms with Crippen molar-refractivity contribution in [3.05, 3.63) is 35.4 Å². The Morgan fingerprint density at radius 2 is 1.87 bits per heavy atom. The molecular formula is C11H14F3N. The smallest absolute Gasteiger partial charge is 0.302 e. The molecule has 1 rings (SSSR count). The number of alkyl halides is 3. The lowest BCUT2D eigenvalue weighted by atomic mass is 10.0. The van der Waals surface area contributed by atoms with Crippen molar-refractivity contribution in [2.45, 2.75) is 26.1 Å². The number of rotatable bonds is 3. The molecule has 1 aromatic rings. The van der Waals surface area contributed by atoms with Gasteiger partial charge in [-0.05, 0) is 25.0 Å². The van der Waals surface area contributed by atoms with E-state index in [4.69, 9.17) is 0 Å². The first-order valence-electron chi connectivity index (χ1n) is 4.76. The molecule has 0 spiro atoms. The molecule has 0 amide bonds. The summed E-state index contributed by atoms with van der Waals surface area (Å²) in [5.74, 6) is 0. The van der Waals surface area contributed by atoms with Crippen LogP contribution in [0.3, 0.4) is 0 Å². The first-order valence-corrected chi connectivity index (χ1v) is 4.76. The van der Waals surface area contributed by atoms with Gasteiger partial charge in [0.05, 0.1) is 6.54 Å². The van der Waals surface area contributed by atoms with Crippen LogP contribution in [0.15, 0.2) is 24.3 Å². The monoisotopic (exact) mass is 217 g/mol. The molecule has 0 saturated heterocycles. The maximum atomic E-state index is 12.0. The van der Waals surface area contributed by atoms with E-state index in [1.54, 1.807) is 6.92 Å². The Morgan fingerprint density at radius 1 is 1.27 bits per heavy atom. The lowest BCUT2D eigenvalue weighted by molar-refractivity contribution is -0.126. The molecule has 1 nitrogen and oxygen atoms in total. The second kappa shape index (κ2) is 4.66. The zero-order valence-corrected chi connectivity index (χ0v) is 8.73. The van der Waals surface area contributed by atoms with Crippen molar-refractivity contribution in [2.75, 3.05) is 6.54 Å². The Labute approximate surface area is 87.3 Å². The minimum Gasteiger partial charge on any atom is -0.302 e. The standard InChI is InChI=1S/C11H14F3N/c1-8-5-3-4-6-10(8)9(2)15-7-11(12,13)14/h3-6,9,15H,7H2,1-2H3/t9-/m0/s1. The fraction of sp³-hybridized carbons (Fsp3) is 0.455. The van der Waals surface area contributed by atoms with Gasteiger partial charge in [0.1, 0.15) is 0 Å². The topological polar surface area (TPSA) is 12.0 Å². The average Bonchev–Trinajstić information content (AvgIpc) is 2.14. The number of aryl methyl sites for hydroxylation is 1. The van der Waals surface area contributed by atoms with E-state index in [1.807, 2.05) is 31.2 Å². The van der Waals surface area contributed by atoms with Gasteiger partial charge in [-0.1, -0.05) is 24.3 Å². The van der Waals surface area contributed by atoms with Crippen LogP contribution in [0, 0.1) is 6.92 Å². The predicted molar refractivity (Wildman–Crippen MR) is 53.7 cm³/mol. The van der Waals surface area contributed by atoms with Gasteiger partial charge in [-0.2, -0.15) is 13.2 Å². The van der Waals surface area contributed by atoms with Gasteiger partial charge in [-0.15, -0.1) is 0 Å². The summed E-state index contributed by atoms with van der Waals surface area (Å²) in [6.07, 6.45) is -4.16. The summed E-state index contributed by atoms with van der Waals surface area (Å²) in [6.45, 7) is 2.66. The van der Waals surface area contributed by atoms with Crippen molar-refractivity contribution in [2.24, 2.45) is 0 Å². The third-order valence-electron chi connectivity index (χ3n) is 2.26. The molecule has 4 heteroatoms. The minimum atomic E-state index is -4.16. The first kappa shape index (κ1) is 12.0. The van der Waals surface area contributed by atoms with Crippen molar-refractivity contribution in [3.8, 4) is 0 Å². The van der Waals surface area contributed by atoms with E-state index < -0.39 is 12.7 Å². The molecule has 1 N–H and O–H groups in total. The van der Waals surface area contributed by atoms with E-state index in [1.165, 1.54) is 0 Å². The van der Waals surface area contributed by atoms with Crippen LogP contribution in [-0.2, 0) is 0 Å². The number of nitrogens with one attached hydrogen (secondary N) is 1. The minimum absolute atomic E-state index is 0.284. The number of hydrogen-bond acceptors (Lipinski definition) is 1. The SMILES string of the molecule is Cc1ccccc1[C@H](C)NCC(F)(F)F. The Hall–Kier alpha value is -1.03. The molecule has 0 aliphatic rings. The van der Waals surface area contributed by atoms with E-state index in [0.717, 1.165) is 11.1 Å². The van der Waals surface area contributed by atoms with E-state index in [-0.39, 0.29) is 6.04 Å². The summed E-state index contributed by atoms with van der Waals surface area (Å²) in [4.78, 5) is 0. The van der Waals surface area contributed by atoms with Crippen molar-refractivity contribution in [3.63, 3.8) is 0 Å². The molecule has 0 unspecified atom stereocenters. The lowest BCUT2D eigenvalue weighted by Crippen LogP contribution is -2.31. The van der Waals surface area contributed by atoms with Gasteiger partial charge in [0.25, 0.3) is 0 Å². The molecule has 0 heterocycles. The molecule has 0 saturated carbocycles. The molecule has 15 heavy (non-hydrogen) atoms. The van der Waals surface area contributed by atoms with Crippen LogP contribution in [0.1, 0.15) is 24.1 Å². The second-order valence-corrected chi connectivity index (χ2v) is 3.57. The number of halogens is 3. The molecule has 0 radical (unpaired) electrons. The van der Waals surface area contributed by atoms with Gasteiger partial charge < -0.3 is 5.32 Å². The molecule has 0 bridgehead atoms. The van der Waals surface area contributed by atoms with Crippen LogP contribution in [0.5, 0.6) is 0 Å². The van der Waals surface area contributed by atoms with Crippen molar-refractivity contribution in [1.82, 2.24) is 5.32 Å². The van der Waals surface area contributed by atoms with Crippen LogP contribution in [0.25, 0.3) is 0 Å². The van der Waals surface area contributed by atoms with E-state index in [0.29, 0.717) is 0 Å². The summed E-state index contributed by atoms with van der Waals surface area (Å²) in [6, 6.07) is 7.14. The summed E-state index contributed by atoms with van der Waals surface area (Å²) in [5.41, 5.74) is 1.90. The van der Waals surface area contributed by atoms with E-state index >= 15 is 0 Å². The maximum absolute atomic E-state index is 12.0. The molecule has 0 fully saturated rings. The highest BCUT2D eigenvalue weighted by Crippen LogP contribution is 2.19. The van der Waals surface area contributed by atoms with Crippen molar-refractivity contribution >= 4 is 0 Å². The molecule has 0 aromatic heterocycles. The normalized spacial score (nSPS) is 13.9. The fourth-order valence-electron chi connectivity index (χ4n) is 1.45. The molecule has 1 aromatic carbocycles. The highest BCUT2D eigenvalue weighted by molar-refractivity contribution is 5.28. The predicted octanol–water partition coefficient (Wildman–Crippen LogP) is 3.21. The average molecular weight is 217 g/mol. The van der Waals surface area contributed by atoms with Crippen LogP contribution >= 0.6 is 0 Å². The van der Waals surface area contributed by atoms with E-state index in [2.05, 4.69) is 5.32 Å². The van der Waals surface area contributed by atoms with Crippen molar-refractivity contribution in [1.29, 1.82) is 0 Å². The highest BCUT2D eigenvalue weighted by atomic mass is 19.4. The summed E-state index contributed by atoms with van der Waals surface area (Å²) >= 11 is 0. The van der Waals surface area contributed by atoms with Crippen LogP contribution in [0.4, 0.5) is 13.2 Å². The van der Waals surface area contributed by atoms with Gasteiger partial charge in [-0.25, -0.2) is 0 Å². The van der Waals surface area contributed by atoms with Gasteiger partial charge in [0, 0.05) is 6.04 Å². The summed E-state index contributed by atoms with van der Waals surface area (Å²) in [7, 11) is 0. The molecule has 1 atom stereocenters. The Kier molecular flexibility index (Phi) is 3.74. The zero-order chi connectivity index (χ0) is 11.5. The fourth-order valence-corrected chi connectivity index (χ4v) is 1.45. The lowest BCUT2D eigenvalue weighted by Gasteiger charge is -2.17. The van der Waals surface area contributed by atoms with Crippen LogP contribution in [0.2, 0.25) is 0 Å². The summed E-state index contributed by atoms with van der Waals surface area (Å²) < 4.78 is 35.9. The molecule has 0 aliphatic carbocycles. The van der Waals surface area contributed by atoms with E-state index in [9.17, 15) is 13.2 Å². The van der Waals surface area contributed by atoms with Crippen LogP contribution in [-0.4, -0.2) is 12.7 Å². The molecular weight excluding hydrogens is 203 g/mol.